The summed E-state index contributed by atoms with van der Waals surface area (Å²) < 4.78 is 29.8. The summed E-state index contributed by atoms with van der Waals surface area (Å²) in [6.07, 6.45) is 0.995. The van der Waals surface area contributed by atoms with E-state index in [-0.39, 0.29) is 18.4 Å². The number of hydrogen-bond acceptors (Lipinski definition) is 3. The zero-order valence-corrected chi connectivity index (χ0v) is 13.5. The van der Waals surface area contributed by atoms with Crippen molar-refractivity contribution in [3.8, 4) is 0 Å². The van der Waals surface area contributed by atoms with E-state index in [0.29, 0.717) is 5.92 Å². The molecule has 0 aliphatic rings. The Hall–Kier alpha value is -1.40. The van der Waals surface area contributed by atoms with Crippen molar-refractivity contribution in [3.05, 3.63) is 35.4 Å². The molecule has 0 saturated carbocycles. The fraction of sp³-hybridized carbons (Fsp3) is 0.533. The van der Waals surface area contributed by atoms with Crippen LogP contribution < -0.4 is 5.32 Å². The maximum absolute atomic E-state index is 11.9. The van der Waals surface area contributed by atoms with Crippen molar-refractivity contribution in [3.63, 3.8) is 0 Å². The molecule has 0 spiro atoms. The Labute approximate surface area is 126 Å². The van der Waals surface area contributed by atoms with Crippen LogP contribution in [0.5, 0.6) is 0 Å². The first kappa shape index (κ1) is 17.7. The van der Waals surface area contributed by atoms with Gasteiger partial charge in [-0.25, -0.2) is 0 Å². The molecule has 5 nitrogen and oxygen atoms in total. The highest BCUT2D eigenvalue weighted by atomic mass is 32.2. The number of amides is 1. The summed E-state index contributed by atoms with van der Waals surface area (Å²) >= 11 is 0. The topological polar surface area (TPSA) is 83.5 Å². The van der Waals surface area contributed by atoms with Gasteiger partial charge in [-0.3, -0.25) is 9.35 Å². The first-order chi connectivity index (χ1) is 9.69. The molecule has 1 atom stereocenters. The first-order valence-corrected chi connectivity index (χ1v) is 8.61. The van der Waals surface area contributed by atoms with Crippen LogP contribution in [0.25, 0.3) is 0 Å². The summed E-state index contributed by atoms with van der Waals surface area (Å²) in [6, 6.07) is 7.87. The average Bonchev–Trinajstić information content (AvgIpc) is 2.36. The molecule has 1 rings (SSSR count). The van der Waals surface area contributed by atoms with Crippen molar-refractivity contribution in [2.45, 2.75) is 33.1 Å². The summed E-state index contributed by atoms with van der Waals surface area (Å²) in [5.41, 5.74) is 2.11. The van der Waals surface area contributed by atoms with E-state index < -0.39 is 15.9 Å². The van der Waals surface area contributed by atoms with Crippen LogP contribution in [0.4, 0.5) is 0 Å². The average molecular weight is 313 g/mol. The maximum atomic E-state index is 11.9. The van der Waals surface area contributed by atoms with Gasteiger partial charge in [-0.15, -0.1) is 0 Å². The second-order valence-corrected chi connectivity index (χ2v) is 7.21. The smallest absolute Gasteiger partial charge is 0.266 e. The van der Waals surface area contributed by atoms with Crippen LogP contribution in [0.2, 0.25) is 0 Å². The Morgan fingerprint density at radius 2 is 1.76 bits per heavy atom. The summed E-state index contributed by atoms with van der Waals surface area (Å²) in [7, 11) is -4.04. The zero-order chi connectivity index (χ0) is 16.0. The van der Waals surface area contributed by atoms with Gasteiger partial charge in [0, 0.05) is 6.54 Å². The molecular weight excluding hydrogens is 290 g/mol. The summed E-state index contributed by atoms with van der Waals surface area (Å²) in [5.74, 6) is -0.509. The second kappa shape index (κ2) is 7.56. The zero-order valence-electron chi connectivity index (χ0n) is 12.7. The number of benzene rings is 1. The largest absolute Gasteiger partial charge is 0.354 e. The lowest BCUT2D eigenvalue weighted by Gasteiger charge is -2.13. The van der Waals surface area contributed by atoms with Crippen molar-refractivity contribution >= 4 is 16.0 Å². The molecule has 0 aromatic heterocycles. The molecule has 1 aromatic carbocycles. The number of carbonyl (C=O) groups is 1. The molecule has 21 heavy (non-hydrogen) atoms. The van der Waals surface area contributed by atoms with Crippen molar-refractivity contribution < 1.29 is 17.8 Å². The molecule has 0 fully saturated rings. The van der Waals surface area contributed by atoms with E-state index in [1.54, 1.807) is 6.92 Å². The van der Waals surface area contributed by atoms with Crippen LogP contribution >= 0.6 is 0 Å². The van der Waals surface area contributed by atoms with E-state index in [1.807, 2.05) is 24.3 Å². The predicted octanol–water partition coefficient (Wildman–Crippen LogP) is 1.99. The summed E-state index contributed by atoms with van der Waals surface area (Å²) in [6.45, 7) is 5.98. The minimum absolute atomic E-state index is 0.0898. The third-order valence-corrected chi connectivity index (χ3v) is 3.90. The van der Waals surface area contributed by atoms with Gasteiger partial charge in [0.05, 0.1) is 11.7 Å². The molecule has 6 heteroatoms. The summed E-state index contributed by atoms with van der Waals surface area (Å²) in [4.78, 5) is 11.9. The van der Waals surface area contributed by atoms with Gasteiger partial charge in [-0.2, -0.15) is 8.42 Å². The monoisotopic (exact) mass is 313 g/mol. The molecule has 2 N–H and O–H groups in total. The van der Waals surface area contributed by atoms with E-state index >= 15 is 0 Å². The van der Waals surface area contributed by atoms with Crippen molar-refractivity contribution in [1.29, 1.82) is 0 Å². The van der Waals surface area contributed by atoms with Crippen molar-refractivity contribution in [2.75, 3.05) is 12.3 Å². The molecule has 0 bridgehead atoms. The third-order valence-electron chi connectivity index (χ3n) is 3.18. The lowest BCUT2D eigenvalue weighted by atomic mass is 9.96. The summed E-state index contributed by atoms with van der Waals surface area (Å²) in [5, 5.41) is 2.51. The van der Waals surface area contributed by atoms with Gasteiger partial charge in [-0.1, -0.05) is 38.1 Å². The van der Waals surface area contributed by atoms with Crippen LogP contribution in [0.15, 0.2) is 24.3 Å². The van der Waals surface area contributed by atoms with Gasteiger partial charge < -0.3 is 5.32 Å². The van der Waals surface area contributed by atoms with Crippen LogP contribution in [0.3, 0.4) is 0 Å². The maximum Gasteiger partial charge on any atom is 0.266 e. The minimum atomic E-state index is -4.04. The van der Waals surface area contributed by atoms with Crippen LogP contribution in [-0.4, -0.2) is 31.2 Å². The van der Waals surface area contributed by atoms with E-state index in [2.05, 4.69) is 19.2 Å². The molecule has 0 unspecified atom stereocenters. The van der Waals surface area contributed by atoms with E-state index in [4.69, 9.17) is 4.55 Å². The van der Waals surface area contributed by atoms with Gasteiger partial charge in [0.25, 0.3) is 10.1 Å². The molecule has 0 aliphatic carbocycles. The number of nitrogens with one attached hydrogen (secondary N) is 1. The Kier molecular flexibility index (Phi) is 6.36. The number of rotatable bonds is 7. The third kappa shape index (κ3) is 6.73. The van der Waals surface area contributed by atoms with Gasteiger partial charge in [0.15, 0.2) is 0 Å². The van der Waals surface area contributed by atoms with E-state index in [9.17, 15) is 13.2 Å². The highest BCUT2D eigenvalue weighted by Crippen LogP contribution is 2.17. The molecule has 1 amide bonds. The Bertz CT molecular complexity index is 564. The van der Waals surface area contributed by atoms with Crippen molar-refractivity contribution in [1.82, 2.24) is 5.32 Å². The van der Waals surface area contributed by atoms with Crippen LogP contribution in [0, 0.1) is 5.92 Å². The van der Waals surface area contributed by atoms with Crippen molar-refractivity contribution in [2.24, 2.45) is 5.92 Å². The molecular formula is C15H23NO4S. The first-order valence-electron chi connectivity index (χ1n) is 7.00. The molecule has 118 valence electrons. The fourth-order valence-corrected chi connectivity index (χ4v) is 2.38. The molecule has 1 aromatic rings. The molecule has 0 heterocycles. The Morgan fingerprint density at radius 1 is 1.19 bits per heavy atom. The minimum Gasteiger partial charge on any atom is -0.354 e. The quantitative estimate of drug-likeness (QED) is 0.754. The van der Waals surface area contributed by atoms with E-state index in [0.717, 1.165) is 12.0 Å². The van der Waals surface area contributed by atoms with Crippen LogP contribution in [-0.2, 0) is 21.3 Å². The highest BCUT2D eigenvalue weighted by molar-refractivity contribution is 7.85. The predicted molar refractivity (Wildman–Crippen MR) is 82.8 cm³/mol. The SMILES string of the molecule is CC(C)Cc1ccc([C@@H](C)C(=O)NCCS(=O)(=O)O)cc1. The van der Waals surface area contributed by atoms with Crippen LogP contribution in [0.1, 0.15) is 37.8 Å². The van der Waals surface area contributed by atoms with Gasteiger partial charge in [-0.05, 0) is 30.4 Å². The van der Waals surface area contributed by atoms with Gasteiger partial charge in [0.2, 0.25) is 5.91 Å². The molecule has 0 saturated heterocycles. The molecule has 0 radical (unpaired) electrons. The normalized spacial score (nSPS) is 13.2. The molecule has 0 aliphatic heterocycles. The Morgan fingerprint density at radius 3 is 2.24 bits per heavy atom. The lowest BCUT2D eigenvalue weighted by molar-refractivity contribution is -0.122. The standard InChI is InChI=1S/C15H23NO4S/c1-11(2)10-13-4-6-14(7-5-13)12(3)15(17)16-8-9-21(18,19)20/h4-7,11-12H,8-10H2,1-3H3,(H,16,17)(H,18,19,20)/t12-/m1/s1. The number of hydrogen-bond donors (Lipinski definition) is 2. The second-order valence-electron chi connectivity index (χ2n) is 5.64. The fourth-order valence-electron chi connectivity index (χ4n) is 2.02. The number of carbonyl (C=O) groups excluding carboxylic acids is 1. The Balaban J connectivity index is 2.57. The van der Waals surface area contributed by atoms with Gasteiger partial charge >= 0.3 is 0 Å². The van der Waals surface area contributed by atoms with E-state index in [1.165, 1.54) is 5.56 Å². The highest BCUT2D eigenvalue weighted by Gasteiger charge is 2.15. The van der Waals surface area contributed by atoms with Gasteiger partial charge in [0.1, 0.15) is 0 Å². The lowest BCUT2D eigenvalue weighted by Crippen LogP contribution is -2.32.